The smallest absolute Gasteiger partial charge is 0.335 e. The number of rotatable bonds is 7. The molecule has 1 aliphatic heterocycles. The maximum atomic E-state index is 12.7. The van der Waals surface area contributed by atoms with E-state index in [0.29, 0.717) is 24.2 Å². The molecule has 1 aromatic carbocycles. The van der Waals surface area contributed by atoms with Gasteiger partial charge in [-0.25, -0.2) is 4.79 Å². The van der Waals surface area contributed by atoms with E-state index in [0.717, 1.165) is 12.8 Å². The maximum absolute atomic E-state index is 12.7. The first-order valence-electron chi connectivity index (χ1n) is 7.80. The molecule has 0 bridgehead atoms. The number of ether oxygens (including phenoxy) is 1. The van der Waals surface area contributed by atoms with Crippen molar-refractivity contribution in [2.75, 3.05) is 13.1 Å². The van der Waals surface area contributed by atoms with Crippen LogP contribution in [0.25, 0.3) is 0 Å². The molecular weight excluding hydrogens is 296 g/mol. The summed E-state index contributed by atoms with van der Waals surface area (Å²) in [5.41, 5.74) is 1.07. The van der Waals surface area contributed by atoms with Crippen molar-refractivity contribution in [1.29, 1.82) is 0 Å². The molecule has 1 unspecified atom stereocenters. The molecule has 6 heteroatoms. The van der Waals surface area contributed by atoms with Crippen LogP contribution in [-0.2, 0) is 4.74 Å². The first-order chi connectivity index (χ1) is 11.1. The highest BCUT2D eigenvalue weighted by Crippen LogP contribution is 2.22. The van der Waals surface area contributed by atoms with E-state index < -0.39 is 12.2 Å². The molecule has 1 aliphatic rings. The lowest BCUT2D eigenvalue weighted by atomic mass is 10.0. The van der Waals surface area contributed by atoms with Crippen molar-refractivity contribution in [3.8, 4) is 0 Å². The van der Waals surface area contributed by atoms with Crippen LogP contribution < -0.4 is 5.32 Å². The number of nitrogens with one attached hydrogen (secondary N) is 1. The molecule has 0 aromatic heterocycles. The highest BCUT2D eigenvalue weighted by molar-refractivity contribution is 5.97. The van der Waals surface area contributed by atoms with E-state index in [1.165, 1.54) is 18.4 Å². The largest absolute Gasteiger partial charge is 0.478 e. The lowest BCUT2D eigenvalue weighted by molar-refractivity contribution is 0.0696. The Morgan fingerprint density at radius 1 is 1.17 bits per heavy atom. The summed E-state index contributed by atoms with van der Waals surface area (Å²) in [5.74, 6) is -1.21. The minimum atomic E-state index is -1.07. The van der Waals surface area contributed by atoms with Crippen LogP contribution >= 0.6 is 0 Å². The molecule has 23 heavy (non-hydrogen) atoms. The molecule has 1 heterocycles. The molecule has 1 aromatic rings. The number of carbonyl (C=O) groups excluding carboxylic acids is 1. The Balaban J connectivity index is 2.35. The van der Waals surface area contributed by atoms with Gasteiger partial charge in [-0.15, -0.1) is 0 Å². The molecule has 0 radical (unpaired) electrons. The number of hydrogen-bond donors (Lipinski definition) is 2. The standard InChI is InChI=1S/C17H22N2O4/c1-3-6-19(7-4-2)16(20)13-9-12(15-18-5-8-23-15)10-14(11-13)17(21)22/h5,8-11,15,18H,3-4,6-7H2,1-2H3,(H,21,22). The average molecular weight is 318 g/mol. The first kappa shape index (κ1) is 16.9. The van der Waals surface area contributed by atoms with Gasteiger partial charge in [0.05, 0.1) is 5.56 Å². The predicted molar refractivity (Wildman–Crippen MR) is 86.0 cm³/mol. The van der Waals surface area contributed by atoms with Gasteiger partial charge in [0.25, 0.3) is 5.91 Å². The molecule has 0 saturated heterocycles. The lowest BCUT2D eigenvalue weighted by Crippen LogP contribution is -2.32. The van der Waals surface area contributed by atoms with E-state index in [9.17, 15) is 14.7 Å². The summed E-state index contributed by atoms with van der Waals surface area (Å²) < 4.78 is 5.35. The highest BCUT2D eigenvalue weighted by atomic mass is 16.5. The zero-order chi connectivity index (χ0) is 16.8. The SMILES string of the molecule is CCCN(CCC)C(=O)c1cc(C(=O)O)cc(C2NC=CO2)c1. The van der Waals surface area contributed by atoms with Gasteiger partial charge in [-0.1, -0.05) is 13.8 Å². The summed E-state index contributed by atoms with van der Waals surface area (Å²) in [6.45, 7) is 5.33. The average Bonchev–Trinajstić information content (AvgIpc) is 3.08. The topological polar surface area (TPSA) is 78.9 Å². The van der Waals surface area contributed by atoms with Gasteiger partial charge in [0.1, 0.15) is 6.26 Å². The van der Waals surface area contributed by atoms with E-state index in [1.807, 2.05) is 13.8 Å². The minimum Gasteiger partial charge on any atom is -0.478 e. The van der Waals surface area contributed by atoms with Crippen molar-refractivity contribution >= 4 is 11.9 Å². The van der Waals surface area contributed by atoms with Crippen molar-refractivity contribution in [1.82, 2.24) is 10.2 Å². The molecular formula is C17H22N2O4. The molecule has 0 fully saturated rings. The molecule has 0 saturated carbocycles. The van der Waals surface area contributed by atoms with E-state index in [2.05, 4.69) is 5.32 Å². The van der Waals surface area contributed by atoms with Crippen LogP contribution in [0.1, 0.15) is 59.2 Å². The number of nitrogens with zero attached hydrogens (tertiary/aromatic N) is 1. The number of carbonyl (C=O) groups is 2. The summed E-state index contributed by atoms with van der Waals surface area (Å²) in [6.07, 6.45) is 4.38. The van der Waals surface area contributed by atoms with Crippen molar-refractivity contribution in [3.63, 3.8) is 0 Å². The number of benzene rings is 1. The highest BCUT2D eigenvalue weighted by Gasteiger charge is 2.21. The van der Waals surface area contributed by atoms with Crippen LogP contribution in [0, 0.1) is 0 Å². The van der Waals surface area contributed by atoms with Crippen LogP contribution in [0.2, 0.25) is 0 Å². The summed E-state index contributed by atoms with van der Waals surface area (Å²) in [7, 11) is 0. The van der Waals surface area contributed by atoms with Crippen LogP contribution in [0.3, 0.4) is 0 Å². The second-order valence-electron chi connectivity index (χ2n) is 5.43. The summed E-state index contributed by atoms with van der Waals surface area (Å²) in [5, 5.41) is 12.3. The van der Waals surface area contributed by atoms with Crippen molar-refractivity contribution in [2.45, 2.75) is 32.9 Å². The summed E-state index contributed by atoms with van der Waals surface area (Å²) in [4.78, 5) is 25.8. The van der Waals surface area contributed by atoms with Gasteiger partial charge < -0.3 is 20.1 Å². The molecule has 6 nitrogen and oxygen atoms in total. The van der Waals surface area contributed by atoms with Crippen molar-refractivity contribution in [2.24, 2.45) is 0 Å². The third-order valence-corrected chi connectivity index (χ3v) is 3.56. The Kier molecular flexibility index (Phi) is 5.62. The fraction of sp³-hybridized carbons (Fsp3) is 0.412. The van der Waals surface area contributed by atoms with E-state index in [-0.39, 0.29) is 11.5 Å². The number of hydrogen-bond acceptors (Lipinski definition) is 4. The third-order valence-electron chi connectivity index (χ3n) is 3.56. The number of aromatic carboxylic acids is 1. The van der Waals surface area contributed by atoms with Gasteiger partial charge in [-0.3, -0.25) is 4.79 Å². The second-order valence-corrected chi connectivity index (χ2v) is 5.43. The Bertz CT molecular complexity index is 599. The zero-order valence-electron chi connectivity index (χ0n) is 13.4. The molecule has 124 valence electrons. The Hall–Kier alpha value is -2.50. The zero-order valence-corrected chi connectivity index (χ0v) is 13.4. The van der Waals surface area contributed by atoms with E-state index in [1.54, 1.807) is 17.2 Å². The quantitative estimate of drug-likeness (QED) is 0.808. The summed E-state index contributed by atoms with van der Waals surface area (Å²) in [6, 6.07) is 4.64. The number of amides is 1. The van der Waals surface area contributed by atoms with Gasteiger partial charge in [0, 0.05) is 30.4 Å². The molecule has 0 spiro atoms. The fourth-order valence-electron chi connectivity index (χ4n) is 2.55. The summed E-state index contributed by atoms with van der Waals surface area (Å²) >= 11 is 0. The van der Waals surface area contributed by atoms with Gasteiger partial charge in [-0.05, 0) is 31.0 Å². The fourth-order valence-corrected chi connectivity index (χ4v) is 2.55. The normalized spacial score (nSPS) is 15.8. The van der Waals surface area contributed by atoms with Gasteiger partial charge in [-0.2, -0.15) is 0 Å². The Morgan fingerprint density at radius 3 is 2.35 bits per heavy atom. The Morgan fingerprint density at radius 2 is 1.83 bits per heavy atom. The molecule has 0 aliphatic carbocycles. The Labute approximate surface area is 135 Å². The molecule has 1 amide bonds. The van der Waals surface area contributed by atoms with Gasteiger partial charge >= 0.3 is 5.97 Å². The van der Waals surface area contributed by atoms with Gasteiger partial charge in [0.15, 0.2) is 6.23 Å². The molecule has 2 N–H and O–H groups in total. The van der Waals surface area contributed by atoms with Crippen molar-refractivity contribution in [3.05, 3.63) is 47.4 Å². The number of carboxylic acid groups (broad SMARTS) is 1. The van der Waals surface area contributed by atoms with E-state index >= 15 is 0 Å². The lowest BCUT2D eigenvalue weighted by Gasteiger charge is -2.22. The van der Waals surface area contributed by atoms with E-state index in [4.69, 9.17) is 4.74 Å². The molecule has 2 rings (SSSR count). The maximum Gasteiger partial charge on any atom is 0.335 e. The third kappa shape index (κ3) is 4.03. The van der Waals surface area contributed by atoms with Crippen LogP contribution in [0.5, 0.6) is 0 Å². The first-order valence-corrected chi connectivity index (χ1v) is 7.80. The molecule has 1 atom stereocenters. The van der Waals surface area contributed by atoms with Crippen molar-refractivity contribution < 1.29 is 19.4 Å². The second kappa shape index (κ2) is 7.67. The van der Waals surface area contributed by atoms with Crippen LogP contribution in [0.15, 0.2) is 30.7 Å². The number of carboxylic acids is 1. The van der Waals surface area contributed by atoms with Gasteiger partial charge in [0.2, 0.25) is 0 Å². The minimum absolute atomic E-state index is 0.0797. The van der Waals surface area contributed by atoms with Crippen LogP contribution in [-0.4, -0.2) is 35.0 Å². The predicted octanol–water partition coefficient (Wildman–Crippen LogP) is 2.74. The van der Waals surface area contributed by atoms with Crippen LogP contribution in [0.4, 0.5) is 0 Å². The monoisotopic (exact) mass is 318 g/mol.